The summed E-state index contributed by atoms with van der Waals surface area (Å²) in [4.78, 5) is 13.9. The van der Waals surface area contributed by atoms with Gasteiger partial charge in [-0.05, 0) is 23.3 Å². The number of nitrogens with zero attached hydrogens (tertiary/aromatic N) is 1. The van der Waals surface area contributed by atoms with Crippen LogP contribution in [0.5, 0.6) is 11.5 Å². The first-order valence-corrected chi connectivity index (χ1v) is 6.37. The van der Waals surface area contributed by atoms with Crippen molar-refractivity contribution in [2.75, 3.05) is 20.9 Å². The lowest BCUT2D eigenvalue weighted by atomic mass is 9.98. The van der Waals surface area contributed by atoms with E-state index >= 15 is 0 Å². The highest BCUT2D eigenvalue weighted by molar-refractivity contribution is 6.01. The summed E-state index contributed by atoms with van der Waals surface area (Å²) in [6, 6.07) is 13.4. The highest BCUT2D eigenvalue weighted by atomic mass is 16.7. The van der Waals surface area contributed by atoms with Crippen molar-refractivity contribution in [3.05, 3.63) is 48.0 Å². The minimum absolute atomic E-state index is 0.0536. The van der Waals surface area contributed by atoms with Gasteiger partial charge in [-0.15, -0.1) is 0 Å². The zero-order valence-corrected chi connectivity index (χ0v) is 11.4. The lowest BCUT2D eigenvalue weighted by Gasteiger charge is -2.15. The van der Waals surface area contributed by atoms with Crippen molar-refractivity contribution in [1.29, 1.82) is 0 Å². The van der Waals surface area contributed by atoms with E-state index in [-0.39, 0.29) is 12.7 Å². The topological polar surface area (TPSA) is 38.8 Å². The summed E-state index contributed by atoms with van der Waals surface area (Å²) in [6.45, 7) is 0.198. The van der Waals surface area contributed by atoms with Crippen LogP contribution in [0.15, 0.2) is 42.5 Å². The number of hydrogen-bond donors (Lipinski definition) is 0. The van der Waals surface area contributed by atoms with Crippen LogP contribution in [0.4, 0.5) is 0 Å². The van der Waals surface area contributed by atoms with Gasteiger partial charge in [-0.25, -0.2) is 0 Å². The first-order chi connectivity index (χ1) is 9.66. The van der Waals surface area contributed by atoms with Crippen LogP contribution >= 0.6 is 0 Å². The zero-order chi connectivity index (χ0) is 14.1. The minimum Gasteiger partial charge on any atom is -0.454 e. The molecule has 0 bridgehead atoms. The van der Waals surface area contributed by atoms with Crippen molar-refractivity contribution in [1.82, 2.24) is 4.90 Å². The van der Waals surface area contributed by atoms with Crippen molar-refractivity contribution in [2.45, 2.75) is 0 Å². The maximum absolute atomic E-state index is 12.4. The molecule has 20 heavy (non-hydrogen) atoms. The number of rotatable bonds is 2. The van der Waals surface area contributed by atoms with Gasteiger partial charge in [0.2, 0.25) is 6.79 Å². The minimum atomic E-state index is -0.0536. The van der Waals surface area contributed by atoms with Crippen molar-refractivity contribution in [3.8, 4) is 22.6 Å². The molecule has 1 heterocycles. The van der Waals surface area contributed by atoms with Gasteiger partial charge in [0.25, 0.3) is 5.91 Å². The van der Waals surface area contributed by atoms with Crippen molar-refractivity contribution in [2.24, 2.45) is 0 Å². The van der Waals surface area contributed by atoms with Crippen LogP contribution in [0.1, 0.15) is 10.4 Å². The molecule has 0 aromatic heterocycles. The molecule has 2 aromatic carbocycles. The van der Waals surface area contributed by atoms with E-state index in [9.17, 15) is 4.79 Å². The van der Waals surface area contributed by atoms with Crippen LogP contribution < -0.4 is 9.47 Å². The molecule has 0 N–H and O–H groups in total. The number of carbonyl (C=O) groups is 1. The smallest absolute Gasteiger partial charge is 0.254 e. The lowest BCUT2D eigenvalue weighted by Crippen LogP contribution is -2.22. The summed E-state index contributed by atoms with van der Waals surface area (Å²) in [5, 5.41) is 0. The molecule has 3 rings (SSSR count). The normalized spacial score (nSPS) is 12.3. The van der Waals surface area contributed by atoms with E-state index in [0.29, 0.717) is 17.1 Å². The van der Waals surface area contributed by atoms with Crippen molar-refractivity contribution < 1.29 is 14.3 Å². The lowest BCUT2D eigenvalue weighted by molar-refractivity contribution is 0.0828. The molecule has 1 aliphatic heterocycles. The van der Waals surface area contributed by atoms with Gasteiger partial charge in [-0.1, -0.05) is 30.3 Å². The first kappa shape index (κ1) is 12.5. The Labute approximate surface area is 117 Å². The van der Waals surface area contributed by atoms with Gasteiger partial charge in [0.1, 0.15) is 0 Å². The molecular weight excluding hydrogens is 254 g/mol. The van der Waals surface area contributed by atoms with Crippen molar-refractivity contribution >= 4 is 5.91 Å². The molecule has 4 nitrogen and oxygen atoms in total. The maximum Gasteiger partial charge on any atom is 0.254 e. The number of carbonyl (C=O) groups excluding carboxylic acids is 1. The Hall–Kier alpha value is -2.49. The Balaban J connectivity index is 2.19. The van der Waals surface area contributed by atoms with Crippen LogP contribution in [0, 0.1) is 0 Å². The third-order valence-electron chi connectivity index (χ3n) is 3.23. The fraction of sp³-hybridized carbons (Fsp3) is 0.188. The number of benzene rings is 2. The summed E-state index contributed by atoms with van der Waals surface area (Å²) in [5.74, 6) is 1.25. The van der Waals surface area contributed by atoms with E-state index in [1.807, 2.05) is 36.4 Å². The molecule has 0 saturated heterocycles. The molecule has 4 heteroatoms. The van der Waals surface area contributed by atoms with E-state index < -0.39 is 0 Å². The van der Waals surface area contributed by atoms with Gasteiger partial charge in [0, 0.05) is 14.1 Å². The highest BCUT2D eigenvalue weighted by Crippen LogP contribution is 2.39. The molecule has 1 amide bonds. The number of fused-ring (bicyclic) bond motifs is 1. The molecule has 0 radical (unpaired) electrons. The Morgan fingerprint density at radius 1 is 1.05 bits per heavy atom. The molecule has 0 spiro atoms. The third kappa shape index (κ3) is 2.09. The van der Waals surface area contributed by atoms with Gasteiger partial charge < -0.3 is 14.4 Å². The second-order valence-electron chi connectivity index (χ2n) is 4.82. The summed E-state index contributed by atoms with van der Waals surface area (Å²) in [5.41, 5.74) is 2.45. The first-order valence-electron chi connectivity index (χ1n) is 6.37. The summed E-state index contributed by atoms with van der Waals surface area (Å²) in [7, 11) is 3.48. The van der Waals surface area contributed by atoms with Crippen LogP contribution in [0.2, 0.25) is 0 Å². The average Bonchev–Trinajstić information content (AvgIpc) is 2.93. The van der Waals surface area contributed by atoms with E-state index in [4.69, 9.17) is 9.47 Å². The highest BCUT2D eigenvalue weighted by Gasteiger charge is 2.22. The Kier molecular flexibility index (Phi) is 3.06. The summed E-state index contributed by atoms with van der Waals surface area (Å²) < 4.78 is 10.8. The van der Waals surface area contributed by atoms with Crippen molar-refractivity contribution in [3.63, 3.8) is 0 Å². The molecule has 0 unspecified atom stereocenters. The zero-order valence-electron chi connectivity index (χ0n) is 11.4. The Morgan fingerprint density at radius 3 is 2.35 bits per heavy atom. The van der Waals surface area contributed by atoms with E-state index in [1.165, 1.54) is 0 Å². The average molecular weight is 269 g/mol. The fourth-order valence-corrected chi connectivity index (χ4v) is 2.22. The summed E-state index contributed by atoms with van der Waals surface area (Å²) in [6.07, 6.45) is 0. The quantitative estimate of drug-likeness (QED) is 0.841. The number of amides is 1. The van der Waals surface area contributed by atoms with Gasteiger partial charge >= 0.3 is 0 Å². The van der Waals surface area contributed by atoms with Gasteiger partial charge in [0.05, 0.1) is 5.56 Å². The predicted octanol–water partition coefficient (Wildman–Crippen LogP) is 2.78. The second-order valence-corrected chi connectivity index (χ2v) is 4.82. The standard InChI is InChI=1S/C16H15NO3/c1-17(2)16(18)13-9-15-14(19-10-20-15)8-12(13)11-6-4-3-5-7-11/h3-9H,10H2,1-2H3. The van der Waals surface area contributed by atoms with Crippen LogP contribution in [0.3, 0.4) is 0 Å². The Morgan fingerprint density at radius 2 is 1.70 bits per heavy atom. The van der Waals surface area contributed by atoms with Crippen LogP contribution in [-0.4, -0.2) is 31.7 Å². The monoisotopic (exact) mass is 269 g/mol. The molecular formula is C16H15NO3. The maximum atomic E-state index is 12.4. The van der Waals surface area contributed by atoms with Crippen LogP contribution in [-0.2, 0) is 0 Å². The fourth-order valence-electron chi connectivity index (χ4n) is 2.22. The Bertz CT molecular complexity index is 650. The molecule has 0 saturated carbocycles. The largest absolute Gasteiger partial charge is 0.454 e. The van der Waals surface area contributed by atoms with Crippen LogP contribution in [0.25, 0.3) is 11.1 Å². The van der Waals surface area contributed by atoms with Gasteiger partial charge in [-0.3, -0.25) is 4.79 Å². The molecule has 1 aliphatic rings. The van der Waals surface area contributed by atoms with Gasteiger partial charge in [0.15, 0.2) is 11.5 Å². The molecule has 0 aliphatic carbocycles. The predicted molar refractivity (Wildman–Crippen MR) is 76.0 cm³/mol. The molecule has 0 atom stereocenters. The second kappa shape index (κ2) is 4.89. The van der Waals surface area contributed by atoms with Gasteiger partial charge in [-0.2, -0.15) is 0 Å². The SMILES string of the molecule is CN(C)C(=O)c1cc2c(cc1-c1ccccc1)OCO2. The summed E-state index contributed by atoms with van der Waals surface area (Å²) >= 11 is 0. The van der Waals surface area contributed by atoms with E-state index in [1.54, 1.807) is 25.1 Å². The third-order valence-corrected chi connectivity index (χ3v) is 3.23. The molecule has 0 fully saturated rings. The molecule has 102 valence electrons. The molecule has 2 aromatic rings. The van der Waals surface area contributed by atoms with E-state index in [0.717, 1.165) is 11.1 Å². The van der Waals surface area contributed by atoms with E-state index in [2.05, 4.69) is 0 Å². The number of ether oxygens (including phenoxy) is 2. The number of hydrogen-bond acceptors (Lipinski definition) is 3.